The van der Waals surface area contributed by atoms with E-state index in [1.165, 1.54) is 15.6 Å². The van der Waals surface area contributed by atoms with Crippen molar-refractivity contribution in [1.29, 1.82) is 0 Å². The summed E-state index contributed by atoms with van der Waals surface area (Å²) in [5, 5.41) is 0.613. The third-order valence-electron chi connectivity index (χ3n) is 6.10. The average molecular weight is 553 g/mol. The molecule has 0 bridgehead atoms. The lowest BCUT2D eigenvalue weighted by atomic mass is 10.2. The van der Waals surface area contributed by atoms with E-state index in [1.807, 2.05) is 32.3 Å². The van der Waals surface area contributed by atoms with E-state index in [0.717, 1.165) is 42.4 Å². The molecule has 2 aromatic carbocycles. The van der Waals surface area contributed by atoms with Crippen molar-refractivity contribution in [2.45, 2.75) is 30.6 Å². The smallest absolute Gasteiger partial charge is 0.260 e. The minimum absolute atomic E-state index is 0. The van der Waals surface area contributed by atoms with Crippen molar-refractivity contribution in [1.82, 2.24) is 14.2 Å². The number of carbonyl (C=O) groups is 1. The van der Waals surface area contributed by atoms with E-state index in [4.69, 9.17) is 9.72 Å². The van der Waals surface area contributed by atoms with Gasteiger partial charge in [-0.2, -0.15) is 4.31 Å². The van der Waals surface area contributed by atoms with Crippen LogP contribution in [0.15, 0.2) is 47.4 Å². The van der Waals surface area contributed by atoms with Crippen LogP contribution >= 0.6 is 23.7 Å². The number of rotatable bonds is 9. The Kier molecular flexibility index (Phi) is 9.71. The quantitative estimate of drug-likeness (QED) is 0.389. The number of methoxy groups -OCH3 is 1. The summed E-state index contributed by atoms with van der Waals surface area (Å²) in [7, 11) is 2.06. The lowest BCUT2D eigenvalue weighted by Gasteiger charge is -2.26. The minimum Gasteiger partial charge on any atom is -0.497 e. The monoisotopic (exact) mass is 552 g/mol. The molecule has 1 aromatic heterocycles. The van der Waals surface area contributed by atoms with Crippen molar-refractivity contribution in [3.63, 3.8) is 0 Å². The largest absolute Gasteiger partial charge is 0.497 e. The van der Waals surface area contributed by atoms with Crippen molar-refractivity contribution in [2.75, 3.05) is 52.3 Å². The lowest BCUT2D eigenvalue weighted by molar-refractivity contribution is 0.0986. The van der Waals surface area contributed by atoms with E-state index in [9.17, 15) is 13.2 Å². The van der Waals surface area contributed by atoms with E-state index in [1.54, 1.807) is 36.3 Å². The highest BCUT2D eigenvalue weighted by atomic mass is 35.5. The molecule has 0 aliphatic carbocycles. The Morgan fingerprint density at radius 3 is 2.39 bits per heavy atom. The highest BCUT2D eigenvalue weighted by molar-refractivity contribution is 7.89. The van der Waals surface area contributed by atoms with Crippen LogP contribution in [-0.2, 0) is 10.0 Å². The Hall–Kier alpha value is -2.24. The van der Waals surface area contributed by atoms with Crippen molar-refractivity contribution < 1.29 is 17.9 Å². The van der Waals surface area contributed by atoms with Gasteiger partial charge >= 0.3 is 0 Å². The van der Waals surface area contributed by atoms with Crippen LogP contribution in [-0.4, -0.2) is 75.9 Å². The maximum absolute atomic E-state index is 13.6. The van der Waals surface area contributed by atoms with Gasteiger partial charge in [0.25, 0.3) is 5.91 Å². The molecule has 4 rings (SSSR count). The molecule has 0 saturated carbocycles. The molecule has 0 atom stereocenters. The van der Waals surface area contributed by atoms with Gasteiger partial charge in [0.15, 0.2) is 5.13 Å². The van der Waals surface area contributed by atoms with Crippen LogP contribution in [0.5, 0.6) is 5.75 Å². The Labute approximate surface area is 223 Å². The first-order chi connectivity index (χ1) is 16.8. The number of sulfonamides is 1. The summed E-state index contributed by atoms with van der Waals surface area (Å²) in [5.41, 5.74) is 1.21. The number of anilines is 1. The van der Waals surface area contributed by atoms with Gasteiger partial charge in [-0.3, -0.25) is 9.69 Å². The number of thiazole rings is 1. The number of benzene rings is 2. The summed E-state index contributed by atoms with van der Waals surface area (Å²) in [6, 6.07) is 12.0. The van der Waals surface area contributed by atoms with Gasteiger partial charge in [-0.05, 0) is 76.3 Å². The maximum Gasteiger partial charge on any atom is 0.260 e. The molecule has 0 unspecified atom stereocenters. The molecule has 1 saturated heterocycles. The fraction of sp³-hybridized carbons (Fsp3) is 0.440. The van der Waals surface area contributed by atoms with Gasteiger partial charge in [0.05, 0.1) is 22.2 Å². The van der Waals surface area contributed by atoms with Crippen LogP contribution in [0.25, 0.3) is 10.2 Å². The van der Waals surface area contributed by atoms with Gasteiger partial charge in [0.1, 0.15) is 5.75 Å². The van der Waals surface area contributed by atoms with Gasteiger partial charge < -0.3 is 9.64 Å². The fourth-order valence-corrected chi connectivity index (χ4v) is 6.63. The highest BCUT2D eigenvalue weighted by Crippen LogP contribution is 2.32. The van der Waals surface area contributed by atoms with E-state index >= 15 is 0 Å². The molecule has 1 aliphatic heterocycles. The topological polar surface area (TPSA) is 83.0 Å². The fourth-order valence-electron chi connectivity index (χ4n) is 4.15. The normalized spacial score (nSPS) is 14.6. The van der Waals surface area contributed by atoms with E-state index in [2.05, 4.69) is 4.90 Å². The standard InChI is InChI=1S/C25H32N4O4S2.ClH/c1-27(2)14-7-17-29(25-26-22-18-20(33-3)10-13-23(22)34-25)24(30)19-8-11-21(12-9-19)35(31,32)28-15-5-4-6-16-28;/h8-13,18H,4-7,14-17H2,1-3H3;1H. The van der Waals surface area contributed by atoms with Crippen LogP contribution < -0.4 is 9.64 Å². The highest BCUT2D eigenvalue weighted by Gasteiger charge is 2.27. The van der Waals surface area contributed by atoms with Crippen molar-refractivity contribution in [2.24, 2.45) is 0 Å². The number of amides is 1. The lowest BCUT2D eigenvalue weighted by Crippen LogP contribution is -2.35. The molecule has 1 aliphatic rings. The number of halogens is 1. The summed E-state index contributed by atoms with van der Waals surface area (Å²) < 4.78 is 33.8. The van der Waals surface area contributed by atoms with Gasteiger partial charge in [-0.25, -0.2) is 13.4 Å². The predicted octanol–water partition coefficient (Wildman–Crippen LogP) is 4.50. The number of piperidine rings is 1. The van der Waals surface area contributed by atoms with E-state index < -0.39 is 10.0 Å². The molecule has 11 heteroatoms. The van der Waals surface area contributed by atoms with Gasteiger partial charge in [0, 0.05) is 31.3 Å². The summed E-state index contributed by atoms with van der Waals surface area (Å²) >= 11 is 1.45. The first-order valence-electron chi connectivity index (χ1n) is 11.8. The summed E-state index contributed by atoms with van der Waals surface area (Å²) in [6.07, 6.45) is 3.60. The van der Waals surface area contributed by atoms with Gasteiger partial charge in [-0.15, -0.1) is 12.4 Å². The second kappa shape index (κ2) is 12.3. The number of nitrogens with zero attached hydrogens (tertiary/aromatic N) is 4. The third-order valence-corrected chi connectivity index (χ3v) is 9.07. The van der Waals surface area contributed by atoms with Gasteiger partial charge in [0.2, 0.25) is 10.0 Å². The molecule has 196 valence electrons. The Bertz CT molecular complexity index is 1270. The second-order valence-corrected chi connectivity index (χ2v) is 11.9. The van der Waals surface area contributed by atoms with Crippen LogP contribution in [0, 0.1) is 0 Å². The summed E-state index contributed by atoms with van der Waals surface area (Å²) in [6.45, 7) is 2.42. The molecule has 3 aromatic rings. The molecule has 0 spiro atoms. The van der Waals surface area contributed by atoms with Crippen LogP contribution in [0.1, 0.15) is 36.0 Å². The SMILES string of the molecule is COc1ccc2sc(N(CCCN(C)C)C(=O)c3ccc(S(=O)(=O)N4CCCCC4)cc3)nc2c1.Cl. The predicted molar refractivity (Wildman–Crippen MR) is 147 cm³/mol. The Balaban J connectivity index is 0.00000361. The molecule has 2 heterocycles. The zero-order valence-electron chi connectivity index (χ0n) is 20.8. The molecule has 36 heavy (non-hydrogen) atoms. The number of fused-ring (bicyclic) bond motifs is 1. The summed E-state index contributed by atoms with van der Waals surface area (Å²) in [4.78, 5) is 22.3. The van der Waals surface area contributed by atoms with Gasteiger partial charge in [-0.1, -0.05) is 17.8 Å². The molecule has 1 fully saturated rings. The zero-order valence-corrected chi connectivity index (χ0v) is 23.3. The number of aromatic nitrogens is 1. The Morgan fingerprint density at radius 1 is 1.06 bits per heavy atom. The van der Waals surface area contributed by atoms with Crippen LogP contribution in [0.3, 0.4) is 0 Å². The van der Waals surface area contributed by atoms with Crippen LogP contribution in [0.4, 0.5) is 5.13 Å². The molecule has 1 amide bonds. The van der Waals surface area contributed by atoms with E-state index in [0.29, 0.717) is 36.1 Å². The average Bonchev–Trinajstić information content (AvgIpc) is 3.29. The molecule has 0 radical (unpaired) electrons. The summed E-state index contributed by atoms with van der Waals surface area (Å²) in [5.74, 6) is 0.516. The second-order valence-electron chi connectivity index (χ2n) is 8.93. The first kappa shape index (κ1) is 28.3. The number of carbonyl (C=O) groups excluding carboxylic acids is 1. The zero-order chi connectivity index (χ0) is 25.0. The third kappa shape index (κ3) is 6.36. The molecular formula is C25H33ClN4O4S2. The molecule has 8 nitrogen and oxygen atoms in total. The number of hydrogen-bond acceptors (Lipinski definition) is 7. The number of ether oxygens (including phenoxy) is 1. The molecule has 0 N–H and O–H groups in total. The van der Waals surface area contributed by atoms with Crippen LogP contribution in [0.2, 0.25) is 0 Å². The van der Waals surface area contributed by atoms with E-state index in [-0.39, 0.29) is 23.2 Å². The van der Waals surface area contributed by atoms with Crippen molar-refractivity contribution >= 4 is 55.0 Å². The Morgan fingerprint density at radius 2 is 1.75 bits per heavy atom. The minimum atomic E-state index is -3.54. The van der Waals surface area contributed by atoms with Crippen molar-refractivity contribution in [3.05, 3.63) is 48.0 Å². The first-order valence-corrected chi connectivity index (χ1v) is 14.1. The molecular weight excluding hydrogens is 520 g/mol. The maximum atomic E-state index is 13.6. The number of hydrogen-bond donors (Lipinski definition) is 0. The van der Waals surface area contributed by atoms with Crippen molar-refractivity contribution in [3.8, 4) is 5.75 Å².